The van der Waals surface area contributed by atoms with Crippen LogP contribution in [0.5, 0.6) is 0 Å². The average Bonchev–Trinajstić information content (AvgIpc) is 3.39. The van der Waals surface area contributed by atoms with Crippen molar-refractivity contribution in [2.24, 2.45) is 0 Å². The Morgan fingerprint density at radius 3 is 1.19 bits per heavy atom. The van der Waals surface area contributed by atoms with E-state index >= 15 is 0 Å². The Hall–Kier alpha value is -0.240. The van der Waals surface area contributed by atoms with Crippen LogP contribution < -0.4 is 0 Å². The van der Waals surface area contributed by atoms with Crippen molar-refractivity contribution in [2.75, 3.05) is 91.6 Å². The third-order valence-electron chi connectivity index (χ3n) is 8.42. The van der Waals surface area contributed by atoms with Crippen molar-refractivity contribution in [1.29, 1.82) is 0 Å². The standard InChI is InChI=1S/C15H33N3.C14H29N3.C2H6/c1-13(2)17-10-7-16(8-11-17)9-12-18(14(3)4)15(5)6;1-14(2)17-12-10-16(11-13-17)9-5-8-15-6-3-4-7-15;1-2/h13-15H,7-12H2,1-6H3;14H,3-13H2,1-2H3;1-2H3. The Morgan fingerprint density at radius 2 is 0.838 bits per heavy atom. The van der Waals surface area contributed by atoms with Gasteiger partial charge in [0.15, 0.2) is 0 Å². The molecule has 0 aromatic rings. The molecule has 3 heterocycles. The van der Waals surface area contributed by atoms with E-state index in [1.807, 2.05) is 13.8 Å². The average molecular weight is 525 g/mol. The van der Waals surface area contributed by atoms with E-state index < -0.39 is 0 Å². The summed E-state index contributed by atoms with van der Waals surface area (Å²) in [6.45, 7) is 40.2. The smallest absolute Gasteiger partial charge is 0.0115 e. The molecule has 0 amide bonds. The van der Waals surface area contributed by atoms with Crippen molar-refractivity contribution in [3.63, 3.8) is 0 Å². The van der Waals surface area contributed by atoms with Gasteiger partial charge in [0.1, 0.15) is 0 Å². The molecular weight excluding hydrogens is 456 g/mol. The third kappa shape index (κ3) is 14.1. The third-order valence-corrected chi connectivity index (χ3v) is 8.42. The summed E-state index contributed by atoms with van der Waals surface area (Å²) in [6, 6.07) is 2.74. The highest BCUT2D eigenvalue weighted by Crippen LogP contribution is 2.10. The van der Waals surface area contributed by atoms with Crippen LogP contribution in [0.15, 0.2) is 0 Å². The van der Waals surface area contributed by atoms with Gasteiger partial charge in [-0.25, -0.2) is 0 Å². The monoisotopic (exact) mass is 525 g/mol. The first kappa shape index (κ1) is 34.8. The Bertz CT molecular complexity index is 508. The fourth-order valence-electron chi connectivity index (χ4n) is 5.90. The second kappa shape index (κ2) is 19.8. The van der Waals surface area contributed by atoms with E-state index in [1.54, 1.807) is 0 Å². The molecule has 0 unspecified atom stereocenters. The van der Waals surface area contributed by atoms with E-state index in [9.17, 15) is 0 Å². The van der Waals surface area contributed by atoms with Crippen molar-refractivity contribution in [2.45, 2.75) is 113 Å². The van der Waals surface area contributed by atoms with Crippen LogP contribution in [-0.2, 0) is 0 Å². The summed E-state index contributed by atoms with van der Waals surface area (Å²) in [5.74, 6) is 0. The summed E-state index contributed by atoms with van der Waals surface area (Å²) in [5.41, 5.74) is 0. The van der Waals surface area contributed by atoms with E-state index in [0.717, 1.165) is 6.04 Å². The Labute approximate surface area is 233 Å². The molecule has 3 saturated heterocycles. The Kier molecular flexibility index (Phi) is 18.6. The van der Waals surface area contributed by atoms with Gasteiger partial charge in [0.25, 0.3) is 0 Å². The first-order valence-corrected chi connectivity index (χ1v) is 16.1. The molecule has 6 heteroatoms. The molecule has 3 fully saturated rings. The Morgan fingerprint density at radius 1 is 0.486 bits per heavy atom. The predicted octanol–water partition coefficient (Wildman–Crippen LogP) is 4.66. The summed E-state index contributed by atoms with van der Waals surface area (Å²) in [7, 11) is 0. The first-order chi connectivity index (χ1) is 17.7. The van der Waals surface area contributed by atoms with E-state index in [-0.39, 0.29) is 0 Å². The van der Waals surface area contributed by atoms with Crippen LogP contribution in [0.3, 0.4) is 0 Å². The van der Waals surface area contributed by atoms with Crippen LogP contribution in [0.2, 0.25) is 0 Å². The quantitative estimate of drug-likeness (QED) is 0.389. The zero-order valence-electron chi connectivity index (χ0n) is 27.0. The fourth-order valence-corrected chi connectivity index (χ4v) is 5.90. The van der Waals surface area contributed by atoms with Gasteiger partial charge in [0.2, 0.25) is 0 Å². The van der Waals surface area contributed by atoms with Gasteiger partial charge in [-0.3, -0.25) is 19.6 Å². The molecule has 0 aromatic carbocycles. The molecule has 222 valence electrons. The lowest BCUT2D eigenvalue weighted by Gasteiger charge is -2.39. The minimum Gasteiger partial charge on any atom is -0.303 e. The van der Waals surface area contributed by atoms with E-state index in [2.05, 4.69) is 84.8 Å². The Balaban J connectivity index is 0.000000347. The van der Waals surface area contributed by atoms with Gasteiger partial charge in [-0.05, 0) is 101 Å². The van der Waals surface area contributed by atoms with Crippen molar-refractivity contribution >= 4 is 0 Å². The van der Waals surface area contributed by atoms with Crippen LogP contribution in [0.25, 0.3) is 0 Å². The molecule has 0 spiro atoms. The molecule has 0 saturated carbocycles. The summed E-state index contributed by atoms with van der Waals surface area (Å²) in [5, 5.41) is 0. The second-order valence-electron chi connectivity index (χ2n) is 12.3. The van der Waals surface area contributed by atoms with Crippen LogP contribution >= 0.6 is 0 Å². The van der Waals surface area contributed by atoms with Gasteiger partial charge in [0.05, 0.1) is 0 Å². The molecule has 0 bridgehead atoms. The van der Waals surface area contributed by atoms with Crippen molar-refractivity contribution in [1.82, 2.24) is 29.4 Å². The van der Waals surface area contributed by atoms with Crippen molar-refractivity contribution in [3.8, 4) is 0 Å². The molecule has 0 radical (unpaired) electrons. The molecule has 0 atom stereocenters. The summed E-state index contributed by atoms with van der Waals surface area (Å²) >= 11 is 0. The highest BCUT2D eigenvalue weighted by atomic mass is 15.3. The highest BCUT2D eigenvalue weighted by Gasteiger charge is 2.21. The topological polar surface area (TPSA) is 19.4 Å². The number of hydrogen-bond acceptors (Lipinski definition) is 6. The molecule has 3 rings (SSSR count). The number of rotatable bonds is 11. The minimum atomic E-state index is 0.655. The highest BCUT2D eigenvalue weighted by molar-refractivity contribution is 4.77. The molecular formula is C31H68N6. The fraction of sp³-hybridized carbons (Fsp3) is 1.00. The predicted molar refractivity (Wildman–Crippen MR) is 165 cm³/mol. The number of nitrogens with zero attached hydrogens (tertiary/aromatic N) is 6. The second-order valence-corrected chi connectivity index (χ2v) is 12.3. The van der Waals surface area contributed by atoms with Crippen molar-refractivity contribution in [3.05, 3.63) is 0 Å². The molecule has 6 nitrogen and oxygen atoms in total. The number of hydrogen-bond donors (Lipinski definition) is 0. The van der Waals surface area contributed by atoms with E-state index in [1.165, 1.54) is 111 Å². The van der Waals surface area contributed by atoms with Gasteiger partial charge in [-0.15, -0.1) is 0 Å². The zero-order chi connectivity index (χ0) is 27.8. The van der Waals surface area contributed by atoms with Crippen LogP contribution in [0, 0.1) is 0 Å². The van der Waals surface area contributed by atoms with Gasteiger partial charge in [0, 0.05) is 89.6 Å². The zero-order valence-corrected chi connectivity index (χ0v) is 27.0. The summed E-state index contributed by atoms with van der Waals surface area (Å²) in [4.78, 5) is 15.7. The molecule has 3 aliphatic rings. The molecule has 0 aromatic heterocycles. The molecule has 0 N–H and O–H groups in total. The maximum absolute atomic E-state index is 2.65. The number of piperazine rings is 2. The van der Waals surface area contributed by atoms with Gasteiger partial charge in [-0.1, -0.05) is 13.8 Å². The lowest BCUT2D eigenvalue weighted by molar-refractivity contribution is 0.0866. The normalized spacial score (nSPS) is 21.2. The first-order valence-electron chi connectivity index (χ1n) is 16.1. The largest absolute Gasteiger partial charge is 0.303 e. The summed E-state index contributed by atoms with van der Waals surface area (Å²) in [6.07, 6.45) is 4.21. The maximum atomic E-state index is 2.65. The minimum absolute atomic E-state index is 0.655. The van der Waals surface area contributed by atoms with Gasteiger partial charge < -0.3 is 9.80 Å². The van der Waals surface area contributed by atoms with E-state index in [0.29, 0.717) is 18.1 Å². The molecule has 3 aliphatic heterocycles. The maximum Gasteiger partial charge on any atom is 0.0115 e. The van der Waals surface area contributed by atoms with Crippen LogP contribution in [0.1, 0.15) is 88.5 Å². The lowest BCUT2D eigenvalue weighted by atomic mass is 10.2. The van der Waals surface area contributed by atoms with Crippen molar-refractivity contribution < 1.29 is 0 Å². The van der Waals surface area contributed by atoms with E-state index in [4.69, 9.17) is 0 Å². The molecule has 0 aliphatic carbocycles. The van der Waals surface area contributed by atoms with Gasteiger partial charge >= 0.3 is 0 Å². The number of likely N-dealkylation sites (tertiary alicyclic amines) is 1. The SMILES string of the molecule is CC.CC(C)N1CCN(CCCN2CCCC2)CC1.CC(C)N1CCN(CCN(C(C)C)C(C)C)CC1. The van der Waals surface area contributed by atoms with Gasteiger partial charge in [-0.2, -0.15) is 0 Å². The lowest BCUT2D eigenvalue weighted by Crippen LogP contribution is -2.51. The molecule has 37 heavy (non-hydrogen) atoms. The van der Waals surface area contributed by atoms with Crippen LogP contribution in [0.4, 0.5) is 0 Å². The summed E-state index contributed by atoms with van der Waals surface area (Å²) < 4.78 is 0. The van der Waals surface area contributed by atoms with Crippen LogP contribution in [-0.4, -0.2) is 145 Å².